The summed E-state index contributed by atoms with van der Waals surface area (Å²) in [6.45, 7) is 2.14. The van der Waals surface area contributed by atoms with E-state index < -0.39 is 0 Å². The zero-order valence-corrected chi connectivity index (χ0v) is 15.0. The normalized spacial score (nSPS) is 11.2. The third kappa shape index (κ3) is 2.95. The molecule has 0 aliphatic rings. The van der Waals surface area contributed by atoms with Crippen molar-refractivity contribution in [3.05, 3.63) is 71.4 Å². The summed E-state index contributed by atoms with van der Waals surface area (Å²) in [5, 5.41) is 3.76. The maximum absolute atomic E-state index is 12.1. The fourth-order valence-corrected chi connectivity index (χ4v) is 3.40. The number of rotatable bonds is 4. The number of benzene rings is 3. The summed E-state index contributed by atoms with van der Waals surface area (Å²) in [7, 11) is 0. The van der Waals surface area contributed by atoms with Gasteiger partial charge in [0.1, 0.15) is 17.8 Å². The zero-order valence-electron chi connectivity index (χ0n) is 14.3. The zero-order chi connectivity index (χ0) is 18.1. The van der Waals surface area contributed by atoms with Gasteiger partial charge >= 0.3 is 5.97 Å². The maximum atomic E-state index is 12.1. The van der Waals surface area contributed by atoms with Gasteiger partial charge in [-0.15, -0.1) is 0 Å². The number of ether oxygens (including phenoxy) is 1. The van der Waals surface area contributed by atoms with E-state index in [1.165, 1.54) is 0 Å². The topological polar surface area (TPSA) is 39.4 Å². The molecule has 1 aromatic heterocycles. The smallest absolute Gasteiger partial charge is 0.313 e. The molecule has 0 unspecified atom stereocenters. The van der Waals surface area contributed by atoms with Gasteiger partial charge in [0.2, 0.25) is 0 Å². The minimum absolute atomic E-state index is 0.0921. The van der Waals surface area contributed by atoms with Gasteiger partial charge in [-0.1, -0.05) is 54.1 Å². The SMILES string of the molecule is CCOC(=O)Cc1oc2c(ccc3ccccc32)c1-c1ccc(Cl)cc1. The molecular formula is C22H17ClO3. The van der Waals surface area contributed by atoms with Crippen molar-refractivity contribution in [3.63, 3.8) is 0 Å². The average Bonchev–Trinajstić information content (AvgIpc) is 3.01. The van der Waals surface area contributed by atoms with E-state index in [4.69, 9.17) is 20.8 Å². The summed E-state index contributed by atoms with van der Waals surface area (Å²) >= 11 is 6.04. The molecule has 0 spiro atoms. The molecule has 1 heterocycles. The predicted molar refractivity (Wildman–Crippen MR) is 105 cm³/mol. The van der Waals surface area contributed by atoms with Crippen molar-refractivity contribution in [3.8, 4) is 11.1 Å². The average molecular weight is 365 g/mol. The lowest BCUT2D eigenvalue weighted by molar-refractivity contribution is -0.142. The van der Waals surface area contributed by atoms with Crippen LogP contribution in [0, 0.1) is 0 Å². The van der Waals surface area contributed by atoms with Gasteiger partial charge in [0.15, 0.2) is 0 Å². The lowest BCUT2D eigenvalue weighted by atomic mass is 9.99. The second kappa shape index (κ2) is 6.85. The molecule has 0 bridgehead atoms. The lowest BCUT2D eigenvalue weighted by Gasteiger charge is -2.04. The molecule has 0 saturated heterocycles. The van der Waals surface area contributed by atoms with Crippen molar-refractivity contribution in [2.45, 2.75) is 13.3 Å². The van der Waals surface area contributed by atoms with E-state index in [0.717, 1.165) is 32.9 Å². The molecule has 4 rings (SSSR count). The molecule has 4 heteroatoms. The Morgan fingerprint density at radius 2 is 1.77 bits per heavy atom. The van der Waals surface area contributed by atoms with E-state index in [-0.39, 0.29) is 12.4 Å². The molecule has 3 nitrogen and oxygen atoms in total. The molecule has 3 aromatic carbocycles. The second-order valence-electron chi connectivity index (χ2n) is 6.05. The number of halogens is 1. The van der Waals surface area contributed by atoms with Gasteiger partial charge in [0, 0.05) is 21.4 Å². The van der Waals surface area contributed by atoms with Crippen molar-refractivity contribution >= 4 is 39.3 Å². The highest BCUT2D eigenvalue weighted by atomic mass is 35.5. The minimum atomic E-state index is -0.300. The third-order valence-electron chi connectivity index (χ3n) is 4.40. The lowest BCUT2D eigenvalue weighted by Crippen LogP contribution is -2.07. The number of esters is 1. The van der Waals surface area contributed by atoms with Crippen LogP contribution in [-0.4, -0.2) is 12.6 Å². The van der Waals surface area contributed by atoms with Crippen LogP contribution in [0.3, 0.4) is 0 Å². The summed E-state index contributed by atoms with van der Waals surface area (Å²) in [5.41, 5.74) is 2.66. The van der Waals surface area contributed by atoms with Gasteiger partial charge in [-0.2, -0.15) is 0 Å². The Morgan fingerprint density at radius 1 is 1.00 bits per heavy atom. The third-order valence-corrected chi connectivity index (χ3v) is 4.65. The van der Waals surface area contributed by atoms with E-state index in [2.05, 4.69) is 6.07 Å². The summed E-state index contributed by atoms with van der Waals surface area (Å²) < 4.78 is 11.3. The van der Waals surface area contributed by atoms with Crippen LogP contribution in [-0.2, 0) is 16.0 Å². The number of carbonyl (C=O) groups excluding carboxylic acids is 1. The van der Waals surface area contributed by atoms with Crippen LogP contribution in [0.4, 0.5) is 0 Å². The van der Waals surface area contributed by atoms with Crippen LogP contribution in [0.25, 0.3) is 32.9 Å². The van der Waals surface area contributed by atoms with E-state index >= 15 is 0 Å². The van der Waals surface area contributed by atoms with Crippen molar-refractivity contribution in [2.75, 3.05) is 6.61 Å². The summed E-state index contributed by atoms with van der Waals surface area (Å²) in [4.78, 5) is 12.1. The van der Waals surface area contributed by atoms with Crippen molar-refractivity contribution in [1.29, 1.82) is 0 Å². The first-order valence-electron chi connectivity index (χ1n) is 8.52. The molecule has 130 valence electrons. The van der Waals surface area contributed by atoms with Crippen LogP contribution in [0.5, 0.6) is 0 Å². The molecule has 4 aromatic rings. The summed E-state index contributed by atoms with van der Waals surface area (Å²) in [5.74, 6) is 0.309. The highest BCUT2D eigenvalue weighted by molar-refractivity contribution is 6.30. The number of carbonyl (C=O) groups is 1. The molecular weight excluding hydrogens is 348 g/mol. The monoisotopic (exact) mass is 364 g/mol. The highest BCUT2D eigenvalue weighted by Gasteiger charge is 2.20. The standard InChI is InChI=1S/C22H17ClO3/c1-2-25-20(24)13-19-21(15-7-10-16(23)11-8-15)18-12-9-14-5-3-4-6-17(14)22(18)26-19/h3-12H,2,13H2,1H3. The van der Waals surface area contributed by atoms with Gasteiger partial charge in [-0.3, -0.25) is 4.79 Å². The van der Waals surface area contributed by atoms with Gasteiger partial charge in [0.05, 0.1) is 6.61 Å². The Kier molecular flexibility index (Phi) is 4.39. The van der Waals surface area contributed by atoms with Crippen LogP contribution in [0.1, 0.15) is 12.7 Å². The van der Waals surface area contributed by atoms with Crippen molar-refractivity contribution < 1.29 is 13.9 Å². The molecule has 0 radical (unpaired) electrons. The first-order chi connectivity index (χ1) is 12.7. The van der Waals surface area contributed by atoms with Crippen LogP contribution in [0.2, 0.25) is 5.02 Å². The Morgan fingerprint density at radius 3 is 2.54 bits per heavy atom. The van der Waals surface area contributed by atoms with E-state index in [1.54, 1.807) is 6.92 Å². The second-order valence-corrected chi connectivity index (χ2v) is 6.49. The Bertz CT molecular complexity index is 1090. The van der Waals surface area contributed by atoms with Gasteiger partial charge in [-0.05, 0) is 36.1 Å². The Labute approximate surface area is 156 Å². The fraction of sp³-hybridized carbons (Fsp3) is 0.136. The molecule has 0 saturated carbocycles. The molecule has 0 aliphatic heterocycles. The van der Waals surface area contributed by atoms with E-state index in [9.17, 15) is 4.79 Å². The Balaban J connectivity index is 1.97. The number of hydrogen-bond acceptors (Lipinski definition) is 3. The van der Waals surface area contributed by atoms with Gasteiger partial charge < -0.3 is 9.15 Å². The van der Waals surface area contributed by atoms with Crippen LogP contribution in [0.15, 0.2) is 65.1 Å². The molecule has 0 atom stereocenters. The van der Waals surface area contributed by atoms with Gasteiger partial charge in [-0.25, -0.2) is 0 Å². The molecule has 26 heavy (non-hydrogen) atoms. The molecule has 0 fully saturated rings. The molecule has 0 amide bonds. The number of hydrogen-bond donors (Lipinski definition) is 0. The van der Waals surface area contributed by atoms with Crippen LogP contribution < -0.4 is 0 Å². The Hall–Kier alpha value is -2.78. The van der Waals surface area contributed by atoms with E-state index in [0.29, 0.717) is 17.4 Å². The highest BCUT2D eigenvalue weighted by Crippen LogP contribution is 2.39. The first kappa shape index (κ1) is 16.7. The number of fused-ring (bicyclic) bond motifs is 3. The number of furan rings is 1. The van der Waals surface area contributed by atoms with Gasteiger partial charge in [0.25, 0.3) is 0 Å². The molecule has 0 N–H and O–H groups in total. The largest absolute Gasteiger partial charge is 0.466 e. The first-order valence-corrected chi connectivity index (χ1v) is 8.90. The summed E-state index contributed by atoms with van der Waals surface area (Å²) in [6.07, 6.45) is 0.0921. The van der Waals surface area contributed by atoms with Crippen molar-refractivity contribution in [1.82, 2.24) is 0 Å². The predicted octanol–water partition coefficient (Wildman–Crippen LogP) is 6.01. The van der Waals surface area contributed by atoms with E-state index in [1.807, 2.05) is 54.6 Å². The van der Waals surface area contributed by atoms with Crippen molar-refractivity contribution in [2.24, 2.45) is 0 Å². The minimum Gasteiger partial charge on any atom is -0.466 e. The van der Waals surface area contributed by atoms with Crippen LogP contribution >= 0.6 is 11.6 Å². The fourth-order valence-electron chi connectivity index (χ4n) is 3.27. The maximum Gasteiger partial charge on any atom is 0.313 e. The quantitative estimate of drug-likeness (QED) is 0.416. The molecule has 0 aliphatic carbocycles. The summed E-state index contributed by atoms with van der Waals surface area (Å²) in [6, 6.07) is 19.7.